The molecular weight excluding hydrogens is 307 g/mol. The molecule has 1 N–H and O–H groups in total. The van der Waals surface area contributed by atoms with Crippen LogP contribution in [0.15, 0.2) is 42.3 Å². The van der Waals surface area contributed by atoms with Crippen LogP contribution in [0.3, 0.4) is 0 Å². The number of pyridine rings is 1. The van der Waals surface area contributed by atoms with E-state index in [4.69, 9.17) is 0 Å². The van der Waals surface area contributed by atoms with E-state index in [1.165, 1.54) is 11.0 Å². The van der Waals surface area contributed by atoms with Crippen LogP contribution >= 0.6 is 0 Å². The molecule has 124 valence electrons. The maximum atomic E-state index is 13.3. The third-order valence-electron chi connectivity index (χ3n) is 4.29. The first-order valence-corrected chi connectivity index (χ1v) is 7.83. The van der Waals surface area contributed by atoms with Crippen molar-refractivity contribution < 1.29 is 14.3 Å². The topological polar surface area (TPSA) is 53.4 Å². The molecule has 24 heavy (non-hydrogen) atoms. The number of rotatable bonds is 4. The molecule has 2 heterocycles. The predicted octanol–water partition coefficient (Wildman–Crippen LogP) is 3.06. The highest BCUT2D eigenvalue weighted by atomic mass is 19.1. The maximum Gasteiger partial charge on any atom is 0.289 e. The number of amides is 1. The first-order valence-electron chi connectivity index (χ1n) is 7.83. The van der Waals surface area contributed by atoms with Crippen molar-refractivity contribution in [3.63, 3.8) is 0 Å². The Balaban J connectivity index is 1.76. The van der Waals surface area contributed by atoms with Gasteiger partial charge in [-0.15, -0.1) is 0 Å². The highest BCUT2D eigenvalue weighted by molar-refractivity contribution is 6.03. The highest BCUT2D eigenvalue weighted by Gasteiger charge is 2.28. The molecule has 1 aromatic carbocycles. The van der Waals surface area contributed by atoms with E-state index in [0.717, 1.165) is 24.0 Å². The van der Waals surface area contributed by atoms with Crippen LogP contribution in [0.5, 0.6) is 0 Å². The first-order chi connectivity index (χ1) is 11.5. The Bertz CT molecular complexity index is 830. The zero-order valence-electron chi connectivity index (χ0n) is 13.7. The van der Waals surface area contributed by atoms with E-state index >= 15 is 0 Å². The number of carbonyl (C=O) groups is 1. The lowest BCUT2D eigenvalue weighted by atomic mass is 10.0. The van der Waals surface area contributed by atoms with Gasteiger partial charge >= 0.3 is 0 Å². The molecule has 0 unspecified atom stereocenters. The number of benzene rings is 1. The van der Waals surface area contributed by atoms with E-state index < -0.39 is 0 Å². The number of aliphatic hydroxyl groups excluding tert-OH is 1. The second-order valence-electron chi connectivity index (χ2n) is 6.12. The van der Waals surface area contributed by atoms with E-state index in [1.54, 1.807) is 26.2 Å². The average Bonchev–Trinajstić information content (AvgIpc) is 2.84. The van der Waals surface area contributed by atoms with Crippen molar-refractivity contribution >= 4 is 11.5 Å². The molecule has 0 spiro atoms. The lowest BCUT2D eigenvalue weighted by Gasteiger charge is -2.08. The van der Waals surface area contributed by atoms with Crippen LogP contribution in [0.1, 0.15) is 22.4 Å². The Hall–Kier alpha value is -2.69. The Morgan fingerprint density at radius 2 is 1.92 bits per heavy atom. The van der Waals surface area contributed by atoms with Gasteiger partial charge in [-0.2, -0.15) is 0 Å². The third kappa shape index (κ3) is 3.15. The van der Waals surface area contributed by atoms with Crippen LogP contribution in [-0.4, -0.2) is 34.5 Å². The number of halogens is 1. The summed E-state index contributed by atoms with van der Waals surface area (Å²) in [5, 5.41) is 9.95. The van der Waals surface area contributed by atoms with E-state index in [-0.39, 0.29) is 17.5 Å². The van der Waals surface area contributed by atoms with Gasteiger partial charge in [-0.1, -0.05) is 12.1 Å². The number of aliphatic hydroxyl groups is 1. The number of likely N-dealkylation sites (N-methyl/N-ethyl adjacent to an activating group) is 1. The number of carbonyl (C=O) groups excluding carboxylic acids is 1. The Morgan fingerprint density at radius 3 is 2.54 bits per heavy atom. The summed E-state index contributed by atoms with van der Waals surface area (Å²) in [6, 6.07) is 8.96. The molecule has 5 heteroatoms. The van der Waals surface area contributed by atoms with Crippen molar-refractivity contribution in [2.75, 3.05) is 13.6 Å². The Kier molecular flexibility index (Phi) is 4.34. The van der Waals surface area contributed by atoms with Crippen LogP contribution in [0.25, 0.3) is 5.57 Å². The van der Waals surface area contributed by atoms with Crippen LogP contribution < -0.4 is 0 Å². The van der Waals surface area contributed by atoms with Gasteiger partial charge in [0.25, 0.3) is 5.91 Å². The molecule has 0 bridgehead atoms. The van der Waals surface area contributed by atoms with E-state index in [9.17, 15) is 14.3 Å². The van der Waals surface area contributed by atoms with Crippen LogP contribution in [0, 0.1) is 12.7 Å². The molecule has 0 radical (unpaired) electrons. The smallest absolute Gasteiger partial charge is 0.289 e. The second kappa shape index (κ2) is 6.43. The summed E-state index contributed by atoms with van der Waals surface area (Å²) < 4.78 is 13.3. The molecule has 1 aliphatic rings. The van der Waals surface area contributed by atoms with Crippen molar-refractivity contribution in [2.45, 2.75) is 19.8 Å². The van der Waals surface area contributed by atoms with Gasteiger partial charge in [0, 0.05) is 18.8 Å². The largest absolute Gasteiger partial charge is 0.503 e. The number of aromatic nitrogens is 1. The molecule has 1 aromatic heterocycles. The van der Waals surface area contributed by atoms with Crippen LogP contribution in [0.2, 0.25) is 0 Å². The van der Waals surface area contributed by atoms with Gasteiger partial charge in [0.1, 0.15) is 5.82 Å². The van der Waals surface area contributed by atoms with Crippen molar-refractivity contribution in [2.24, 2.45) is 0 Å². The molecule has 1 aliphatic heterocycles. The van der Waals surface area contributed by atoms with Crippen molar-refractivity contribution in [3.05, 3.63) is 70.5 Å². The van der Waals surface area contributed by atoms with Gasteiger partial charge in [0.2, 0.25) is 0 Å². The van der Waals surface area contributed by atoms with Gasteiger partial charge in [0.05, 0.1) is 12.2 Å². The monoisotopic (exact) mass is 326 g/mol. The first kappa shape index (κ1) is 16.2. The van der Waals surface area contributed by atoms with Crippen molar-refractivity contribution in [1.29, 1.82) is 0 Å². The van der Waals surface area contributed by atoms with E-state index in [2.05, 4.69) is 4.98 Å². The number of nitrogens with zero attached hydrogens (tertiary/aromatic N) is 2. The van der Waals surface area contributed by atoms with E-state index in [1.807, 2.05) is 18.2 Å². The lowest BCUT2D eigenvalue weighted by molar-refractivity contribution is -0.126. The zero-order valence-corrected chi connectivity index (χ0v) is 13.7. The summed E-state index contributed by atoms with van der Waals surface area (Å²) in [7, 11) is 1.65. The minimum Gasteiger partial charge on any atom is -0.503 e. The number of hydrogen-bond donors (Lipinski definition) is 1. The molecule has 0 saturated heterocycles. The normalized spacial score (nSPS) is 14.6. The molecular formula is C19H19FN2O2. The number of aryl methyl sites for hydroxylation is 3. The minimum atomic E-state index is -0.376. The van der Waals surface area contributed by atoms with Gasteiger partial charge in [-0.05, 0) is 54.7 Å². The fourth-order valence-electron chi connectivity index (χ4n) is 2.84. The molecule has 0 aliphatic carbocycles. The van der Waals surface area contributed by atoms with E-state index in [0.29, 0.717) is 23.4 Å². The lowest BCUT2D eigenvalue weighted by Crippen LogP contribution is -2.21. The summed E-state index contributed by atoms with van der Waals surface area (Å²) in [5.74, 6) is -0.794. The predicted molar refractivity (Wildman–Crippen MR) is 90.0 cm³/mol. The third-order valence-corrected chi connectivity index (χ3v) is 4.29. The van der Waals surface area contributed by atoms with Crippen molar-refractivity contribution in [3.8, 4) is 0 Å². The SMILES string of the molecule is Cc1cc(CCc2ccnc(C3=C(O)C(=O)N(C)C3)c2)ccc1F. The van der Waals surface area contributed by atoms with Gasteiger partial charge in [-0.25, -0.2) is 4.39 Å². The molecule has 4 nitrogen and oxygen atoms in total. The molecule has 1 amide bonds. The minimum absolute atomic E-state index is 0.192. The summed E-state index contributed by atoms with van der Waals surface area (Å²) >= 11 is 0. The quantitative estimate of drug-likeness (QED) is 0.939. The Morgan fingerprint density at radius 1 is 1.21 bits per heavy atom. The van der Waals surface area contributed by atoms with Gasteiger partial charge in [-0.3, -0.25) is 9.78 Å². The highest BCUT2D eigenvalue weighted by Crippen LogP contribution is 2.24. The van der Waals surface area contributed by atoms with Gasteiger partial charge < -0.3 is 10.0 Å². The van der Waals surface area contributed by atoms with Crippen LogP contribution in [0.4, 0.5) is 4.39 Å². The molecule has 3 rings (SSSR count). The Labute approximate surface area is 140 Å². The molecule has 0 saturated carbocycles. The summed E-state index contributed by atoms with van der Waals surface area (Å²) in [4.78, 5) is 17.4. The molecule has 0 fully saturated rings. The fourth-order valence-corrected chi connectivity index (χ4v) is 2.84. The summed E-state index contributed by atoms with van der Waals surface area (Å²) in [6.45, 7) is 2.12. The maximum absolute atomic E-state index is 13.3. The zero-order chi connectivity index (χ0) is 17.3. The summed E-state index contributed by atoms with van der Waals surface area (Å²) in [6.07, 6.45) is 3.25. The molecule has 0 atom stereocenters. The standard InChI is InChI=1S/C19H19FN2O2/c1-12-9-13(5-6-16(12)20)3-4-14-7-8-21-17(10-14)15-11-22(2)19(24)18(15)23/h5-10,23H,3-4,11H2,1-2H3. The van der Waals surface area contributed by atoms with Crippen molar-refractivity contribution in [1.82, 2.24) is 9.88 Å². The second-order valence-corrected chi connectivity index (χ2v) is 6.12. The van der Waals surface area contributed by atoms with Gasteiger partial charge in [0.15, 0.2) is 5.76 Å². The number of hydrogen-bond acceptors (Lipinski definition) is 3. The summed E-state index contributed by atoms with van der Waals surface area (Å²) in [5.41, 5.74) is 3.96. The average molecular weight is 326 g/mol. The van der Waals surface area contributed by atoms with Crippen LogP contribution in [-0.2, 0) is 17.6 Å². The molecule has 2 aromatic rings. The fraction of sp³-hybridized carbons (Fsp3) is 0.263.